The van der Waals surface area contributed by atoms with Gasteiger partial charge in [0.1, 0.15) is 0 Å². The molecule has 2 rings (SSSR count). The van der Waals surface area contributed by atoms with Crippen LogP contribution >= 0.6 is 0 Å². The molecule has 5 heteroatoms. The number of pyridine rings is 1. The third kappa shape index (κ3) is 3.92. The summed E-state index contributed by atoms with van der Waals surface area (Å²) in [7, 11) is 4.11. The Bertz CT molecular complexity index is 653. The Balaban J connectivity index is 2.24. The van der Waals surface area contributed by atoms with E-state index in [4.69, 9.17) is 5.11 Å². The Morgan fingerprint density at radius 2 is 2.10 bits per heavy atom. The maximum Gasteiger partial charge on any atom is 0.335 e. The van der Waals surface area contributed by atoms with Crippen LogP contribution in [-0.4, -0.2) is 48.1 Å². The number of carbonyl (C=O) groups is 1. The number of aromatic nitrogens is 1. The number of benzene rings is 1. The average Bonchev–Trinajstić information content (AvgIpc) is 2.42. The molecule has 0 fully saturated rings. The molecule has 0 saturated carbocycles. The number of hydrogen-bond donors (Lipinski definition) is 2. The van der Waals surface area contributed by atoms with Crippen LogP contribution in [-0.2, 0) is 0 Å². The first kappa shape index (κ1) is 15.3. The molecule has 1 aromatic heterocycles. The van der Waals surface area contributed by atoms with Crippen LogP contribution in [0, 0.1) is 6.92 Å². The van der Waals surface area contributed by atoms with E-state index in [0.29, 0.717) is 5.52 Å². The van der Waals surface area contributed by atoms with E-state index in [-0.39, 0.29) is 5.56 Å². The second kappa shape index (κ2) is 6.54. The predicted molar refractivity (Wildman–Crippen MR) is 85.1 cm³/mol. The first-order valence-corrected chi connectivity index (χ1v) is 7.00. The molecular weight excluding hydrogens is 266 g/mol. The fourth-order valence-electron chi connectivity index (χ4n) is 2.26. The van der Waals surface area contributed by atoms with E-state index in [9.17, 15) is 4.79 Å². The lowest BCUT2D eigenvalue weighted by Crippen LogP contribution is -2.16. The van der Waals surface area contributed by atoms with Crippen LogP contribution in [0.5, 0.6) is 0 Å². The summed E-state index contributed by atoms with van der Waals surface area (Å²) in [6.45, 7) is 3.81. The van der Waals surface area contributed by atoms with Crippen LogP contribution in [0.1, 0.15) is 22.5 Å². The van der Waals surface area contributed by atoms with Gasteiger partial charge in [-0.05, 0) is 58.3 Å². The van der Waals surface area contributed by atoms with E-state index < -0.39 is 5.97 Å². The van der Waals surface area contributed by atoms with Crippen molar-refractivity contribution < 1.29 is 9.90 Å². The molecule has 5 nitrogen and oxygen atoms in total. The zero-order valence-corrected chi connectivity index (χ0v) is 12.7. The molecule has 1 aromatic carbocycles. The first-order chi connectivity index (χ1) is 9.97. The van der Waals surface area contributed by atoms with Gasteiger partial charge in [0.2, 0.25) is 0 Å². The molecule has 0 aliphatic carbocycles. The molecule has 0 aliphatic rings. The van der Waals surface area contributed by atoms with E-state index in [1.807, 2.05) is 19.1 Å². The van der Waals surface area contributed by atoms with Crippen LogP contribution in [0.15, 0.2) is 24.3 Å². The molecule has 2 aromatic rings. The molecule has 0 amide bonds. The van der Waals surface area contributed by atoms with Gasteiger partial charge in [0.05, 0.1) is 11.1 Å². The number of nitrogens with one attached hydrogen (secondary N) is 1. The van der Waals surface area contributed by atoms with Gasteiger partial charge in [-0.2, -0.15) is 0 Å². The van der Waals surface area contributed by atoms with E-state index in [0.717, 1.165) is 36.3 Å². The van der Waals surface area contributed by atoms with Crippen molar-refractivity contribution in [2.75, 3.05) is 32.5 Å². The monoisotopic (exact) mass is 287 g/mol. The smallest absolute Gasteiger partial charge is 0.335 e. The van der Waals surface area contributed by atoms with Gasteiger partial charge >= 0.3 is 5.97 Å². The third-order valence-electron chi connectivity index (χ3n) is 3.28. The average molecular weight is 287 g/mol. The van der Waals surface area contributed by atoms with Gasteiger partial charge in [0, 0.05) is 23.3 Å². The normalized spacial score (nSPS) is 11.0. The van der Waals surface area contributed by atoms with Crippen LogP contribution in [0.3, 0.4) is 0 Å². The Kier molecular flexibility index (Phi) is 4.75. The molecule has 0 atom stereocenters. The van der Waals surface area contributed by atoms with E-state index in [1.54, 1.807) is 12.1 Å². The number of fused-ring (bicyclic) bond motifs is 1. The second-order valence-corrected chi connectivity index (χ2v) is 5.43. The minimum absolute atomic E-state index is 0.263. The highest BCUT2D eigenvalue weighted by Gasteiger charge is 2.08. The highest BCUT2D eigenvalue weighted by molar-refractivity contribution is 5.97. The van der Waals surface area contributed by atoms with Gasteiger partial charge in [-0.1, -0.05) is 0 Å². The summed E-state index contributed by atoms with van der Waals surface area (Å²) in [5.41, 5.74) is 2.86. The third-order valence-corrected chi connectivity index (χ3v) is 3.28. The van der Waals surface area contributed by atoms with Gasteiger partial charge in [0.15, 0.2) is 0 Å². The van der Waals surface area contributed by atoms with Crippen molar-refractivity contribution in [3.05, 3.63) is 35.5 Å². The van der Waals surface area contributed by atoms with Crippen LogP contribution in [0.4, 0.5) is 5.69 Å². The first-order valence-electron chi connectivity index (χ1n) is 7.00. The number of hydrogen-bond acceptors (Lipinski definition) is 4. The van der Waals surface area contributed by atoms with Gasteiger partial charge in [0.25, 0.3) is 0 Å². The quantitative estimate of drug-likeness (QED) is 0.799. The number of aromatic carboxylic acids is 1. The summed E-state index contributed by atoms with van der Waals surface area (Å²) in [5.74, 6) is -0.930. The summed E-state index contributed by atoms with van der Waals surface area (Å²) in [6.07, 6.45) is 1.04. The molecule has 112 valence electrons. The molecule has 0 unspecified atom stereocenters. The fourth-order valence-corrected chi connectivity index (χ4v) is 2.26. The minimum atomic E-state index is -0.930. The van der Waals surface area contributed by atoms with Gasteiger partial charge in [-0.25, -0.2) is 4.79 Å². The van der Waals surface area contributed by atoms with Crippen molar-refractivity contribution in [1.82, 2.24) is 9.88 Å². The lowest BCUT2D eigenvalue weighted by atomic mass is 10.1. The molecule has 21 heavy (non-hydrogen) atoms. The minimum Gasteiger partial charge on any atom is -0.478 e. The van der Waals surface area contributed by atoms with Gasteiger partial charge in [-0.15, -0.1) is 0 Å². The van der Waals surface area contributed by atoms with E-state index in [1.165, 1.54) is 0 Å². The van der Waals surface area contributed by atoms with Crippen molar-refractivity contribution in [3.8, 4) is 0 Å². The summed E-state index contributed by atoms with van der Waals surface area (Å²) >= 11 is 0. The maximum atomic E-state index is 11.0. The zero-order chi connectivity index (χ0) is 15.4. The molecule has 0 saturated heterocycles. The van der Waals surface area contributed by atoms with Crippen molar-refractivity contribution in [2.45, 2.75) is 13.3 Å². The van der Waals surface area contributed by atoms with Crippen LogP contribution in [0.2, 0.25) is 0 Å². The van der Waals surface area contributed by atoms with Gasteiger partial charge in [-0.3, -0.25) is 4.98 Å². The van der Waals surface area contributed by atoms with Crippen LogP contribution in [0.25, 0.3) is 10.9 Å². The fraction of sp³-hybridized carbons (Fsp3) is 0.375. The Morgan fingerprint density at radius 1 is 1.33 bits per heavy atom. The van der Waals surface area contributed by atoms with Crippen molar-refractivity contribution in [2.24, 2.45) is 0 Å². The molecule has 0 aliphatic heterocycles. The standard InChI is InChI=1S/C16H21N3O2/c1-11-9-14(17-7-4-8-19(2)3)13-6-5-12(16(20)21)10-15(13)18-11/h5-6,9-10H,4,7-8H2,1-3H3,(H,17,18)(H,20,21). The number of anilines is 1. The summed E-state index contributed by atoms with van der Waals surface area (Å²) in [5, 5.41) is 13.4. The Hall–Kier alpha value is -2.14. The number of aryl methyl sites for hydroxylation is 1. The molecule has 1 heterocycles. The molecule has 0 bridgehead atoms. The van der Waals surface area contributed by atoms with E-state index in [2.05, 4.69) is 29.3 Å². The van der Waals surface area contributed by atoms with Crippen molar-refractivity contribution in [3.63, 3.8) is 0 Å². The summed E-state index contributed by atoms with van der Waals surface area (Å²) in [4.78, 5) is 17.6. The SMILES string of the molecule is Cc1cc(NCCCN(C)C)c2ccc(C(=O)O)cc2n1. The highest BCUT2D eigenvalue weighted by atomic mass is 16.4. The predicted octanol–water partition coefficient (Wildman–Crippen LogP) is 2.61. The molecule has 2 N–H and O–H groups in total. The molecule has 0 radical (unpaired) electrons. The lowest BCUT2D eigenvalue weighted by molar-refractivity contribution is 0.0697. The number of rotatable bonds is 6. The summed E-state index contributed by atoms with van der Waals surface area (Å²) in [6, 6.07) is 7.06. The Morgan fingerprint density at radius 3 is 2.76 bits per heavy atom. The second-order valence-electron chi connectivity index (χ2n) is 5.43. The molecule has 0 spiro atoms. The summed E-state index contributed by atoms with van der Waals surface area (Å²) < 4.78 is 0. The number of nitrogens with zero attached hydrogens (tertiary/aromatic N) is 2. The maximum absolute atomic E-state index is 11.0. The lowest BCUT2D eigenvalue weighted by Gasteiger charge is -2.13. The molecular formula is C16H21N3O2. The van der Waals surface area contributed by atoms with Crippen molar-refractivity contribution >= 4 is 22.6 Å². The number of carboxylic acids is 1. The Labute approximate surface area is 124 Å². The van der Waals surface area contributed by atoms with Crippen LogP contribution < -0.4 is 5.32 Å². The van der Waals surface area contributed by atoms with Crippen molar-refractivity contribution in [1.29, 1.82) is 0 Å². The highest BCUT2D eigenvalue weighted by Crippen LogP contribution is 2.24. The zero-order valence-electron chi connectivity index (χ0n) is 12.7. The largest absolute Gasteiger partial charge is 0.478 e. The number of carboxylic acid groups (broad SMARTS) is 1. The van der Waals surface area contributed by atoms with E-state index >= 15 is 0 Å². The topological polar surface area (TPSA) is 65.5 Å². The van der Waals surface area contributed by atoms with Gasteiger partial charge < -0.3 is 15.3 Å².